The van der Waals surface area contributed by atoms with Crippen LogP contribution in [0.5, 0.6) is 0 Å². The van der Waals surface area contributed by atoms with Crippen molar-refractivity contribution in [2.75, 3.05) is 19.8 Å². The smallest absolute Gasteiger partial charge is 0.267 e. The van der Waals surface area contributed by atoms with E-state index in [0.717, 1.165) is 53.6 Å². The third-order valence-corrected chi connectivity index (χ3v) is 7.20. The average Bonchev–Trinajstić information content (AvgIpc) is 3.45. The fourth-order valence-electron chi connectivity index (χ4n) is 3.88. The minimum absolute atomic E-state index is 0.270. The van der Waals surface area contributed by atoms with E-state index in [-0.39, 0.29) is 5.69 Å². The average molecular weight is 424 g/mol. The minimum atomic E-state index is -0.526. The maximum absolute atomic E-state index is 11.9. The fourth-order valence-corrected chi connectivity index (χ4v) is 5.26. The summed E-state index contributed by atoms with van der Waals surface area (Å²) in [4.78, 5) is 18.9. The van der Waals surface area contributed by atoms with Crippen LogP contribution in [-0.2, 0) is 18.3 Å². The molecule has 2 N–H and O–H groups in total. The van der Waals surface area contributed by atoms with Crippen LogP contribution in [0.3, 0.4) is 0 Å². The molecular weight excluding hydrogens is 398 g/mol. The SMILES string of the molecule is Cn1cc(-c2cc(C(N)=O)nc3cc(CN4CCOCC4SC4CC4)ccc23)cn1. The summed E-state index contributed by atoms with van der Waals surface area (Å²) in [6, 6.07) is 8.08. The molecule has 8 heteroatoms. The van der Waals surface area contributed by atoms with Gasteiger partial charge in [0.05, 0.1) is 30.3 Å². The Morgan fingerprint density at radius 2 is 2.20 bits per heavy atom. The maximum atomic E-state index is 11.9. The highest BCUT2D eigenvalue weighted by atomic mass is 32.2. The van der Waals surface area contributed by atoms with Crippen LogP contribution in [0, 0.1) is 0 Å². The van der Waals surface area contributed by atoms with Gasteiger partial charge in [0.15, 0.2) is 0 Å². The first-order valence-electron chi connectivity index (χ1n) is 10.3. The van der Waals surface area contributed by atoms with Gasteiger partial charge in [-0.05, 0) is 36.1 Å². The lowest BCUT2D eigenvalue weighted by Crippen LogP contribution is -2.43. The van der Waals surface area contributed by atoms with Crippen LogP contribution in [0.2, 0.25) is 0 Å². The van der Waals surface area contributed by atoms with E-state index in [4.69, 9.17) is 10.5 Å². The highest BCUT2D eigenvalue weighted by Gasteiger charge is 2.31. The Morgan fingerprint density at radius 3 is 2.93 bits per heavy atom. The largest absolute Gasteiger partial charge is 0.378 e. The fraction of sp³-hybridized carbons (Fsp3) is 0.409. The highest BCUT2D eigenvalue weighted by Crippen LogP contribution is 2.39. The second-order valence-corrected chi connectivity index (χ2v) is 9.49. The molecule has 1 aliphatic carbocycles. The number of nitrogens with zero attached hydrogens (tertiary/aromatic N) is 4. The predicted molar refractivity (Wildman–Crippen MR) is 118 cm³/mol. The van der Waals surface area contributed by atoms with Crippen LogP contribution in [0.1, 0.15) is 28.9 Å². The summed E-state index contributed by atoms with van der Waals surface area (Å²) in [5, 5.41) is 6.44. The molecule has 30 heavy (non-hydrogen) atoms. The Hall–Kier alpha value is -2.42. The number of thioether (sulfide) groups is 1. The van der Waals surface area contributed by atoms with Gasteiger partial charge in [0.2, 0.25) is 0 Å². The Bertz CT molecular complexity index is 1090. The van der Waals surface area contributed by atoms with E-state index in [1.807, 2.05) is 25.0 Å². The van der Waals surface area contributed by atoms with Gasteiger partial charge >= 0.3 is 0 Å². The number of rotatable bonds is 6. The predicted octanol–water partition coefficient (Wildman–Crippen LogP) is 2.79. The zero-order valence-corrected chi connectivity index (χ0v) is 17.8. The summed E-state index contributed by atoms with van der Waals surface area (Å²) < 4.78 is 7.47. The quantitative estimate of drug-likeness (QED) is 0.656. The molecule has 1 saturated heterocycles. The molecule has 0 spiro atoms. The van der Waals surface area contributed by atoms with Crippen LogP contribution in [-0.4, -0.2) is 56.0 Å². The molecule has 156 valence electrons. The number of hydrogen-bond donors (Lipinski definition) is 1. The summed E-state index contributed by atoms with van der Waals surface area (Å²) in [5.74, 6) is -0.526. The van der Waals surface area contributed by atoms with E-state index in [1.165, 1.54) is 18.4 Å². The summed E-state index contributed by atoms with van der Waals surface area (Å²) in [6.45, 7) is 3.32. The van der Waals surface area contributed by atoms with E-state index >= 15 is 0 Å². The number of fused-ring (bicyclic) bond motifs is 1. The molecule has 1 atom stereocenters. The normalized spacial score (nSPS) is 20.0. The molecule has 3 aromatic rings. The molecule has 1 amide bonds. The topological polar surface area (TPSA) is 86.3 Å². The van der Waals surface area contributed by atoms with Crippen LogP contribution >= 0.6 is 11.8 Å². The molecule has 1 aromatic carbocycles. The number of morpholine rings is 1. The summed E-state index contributed by atoms with van der Waals surface area (Å²) >= 11 is 2.04. The van der Waals surface area contributed by atoms with Crippen molar-refractivity contribution in [1.29, 1.82) is 0 Å². The summed E-state index contributed by atoms with van der Waals surface area (Å²) in [6.07, 6.45) is 6.37. The molecule has 1 aliphatic heterocycles. The first kappa shape index (κ1) is 19.5. The van der Waals surface area contributed by atoms with Crippen LogP contribution < -0.4 is 5.73 Å². The van der Waals surface area contributed by atoms with Crippen molar-refractivity contribution in [2.24, 2.45) is 12.8 Å². The molecule has 0 bridgehead atoms. The van der Waals surface area contributed by atoms with Crippen molar-refractivity contribution in [1.82, 2.24) is 19.7 Å². The molecule has 3 heterocycles. The Balaban J connectivity index is 1.49. The first-order valence-corrected chi connectivity index (χ1v) is 11.2. The van der Waals surface area contributed by atoms with E-state index in [2.05, 4.69) is 33.2 Å². The number of aromatic nitrogens is 3. The maximum Gasteiger partial charge on any atom is 0.267 e. The number of aryl methyl sites for hydroxylation is 1. The van der Waals surface area contributed by atoms with Crippen molar-refractivity contribution in [2.45, 2.75) is 30.0 Å². The molecule has 0 radical (unpaired) electrons. The number of ether oxygens (including phenoxy) is 1. The number of hydrogen-bond acceptors (Lipinski definition) is 6. The van der Waals surface area contributed by atoms with Gasteiger partial charge in [0.1, 0.15) is 5.69 Å². The standard InChI is InChI=1S/C22H25N5O2S/c1-26-12-15(10-24-26)18-9-20(22(23)28)25-19-8-14(2-5-17(18)19)11-27-6-7-29-13-21(27)30-16-3-4-16/h2,5,8-10,12,16,21H,3-4,6-7,11,13H2,1H3,(H2,23,28). The number of amides is 1. The number of primary amides is 1. The third-order valence-electron chi connectivity index (χ3n) is 5.59. The van der Waals surface area contributed by atoms with Gasteiger partial charge in [-0.15, -0.1) is 11.8 Å². The lowest BCUT2D eigenvalue weighted by atomic mass is 10.0. The molecule has 5 rings (SSSR count). The van der Waals surface area contributed by atoms with Gasteiger partial charge in [-0.1, -0.05) is 12.1 Å². The number of nitrogens with two attached hydrogens (primary N) is 1. The number of carbonyl (C=O) groups excluding carboxylic acids is 1. The number of pyridine rings is 1. The monoisotopic (exact) mass is 423 g/mol. The Morgan fingerprint density at radius 1 is 1.33 bits per heavy atom. The van der Waals surface area contributed by atoms with Crippen molar-refractivity contribution in [3.63, 3.8) is 0 Å². The van der Waals surface area contributed by atoms with Crippen molar-refractivity contribution in [3.05, 3.63) is 47.9 Å². The molecule has 2 fully saturated rings. The van der Waals surface area contributed by atoms with Crippen LogP contribution in [0.4, 0.5) is 0 Å². The van der Waals surface area contributed by atoms with E-state index in [9.17, 15) is 4.79 Å². The summed E-state index contributed by atoms with van der Waals surface area (Å²) in [5.41, 5.74) is 9.65. The van der Waals surface area contributed by atoms with Gasteiger partial charge in [0.25, 0.3) is 5.91 Å². The van der Waals surface area contributed by atoms with Gasteiger partial charge in [-0.2, -0.15) is 5.10 Å². The van der Waals surface area contributed by atoms with Crippen LogP contribution in [0.25, 0.3) is 22.0 Å². The third kappa shape index (κ3) is 4.08. The molecule has 7 nitrogen and oxygen atoms in total. The van der Waals surface area contributed by atoms with Gasteiger partial charge in [0, 0.05) is 42.5 Å². The lowest BCUT2D eigenvalue weighted by Gasteiger charge is -2.35. The Labute approximate surface area is 179 Å². The van der Waals surface area contributed by atoms with E-state index in [0.29, 0.717) is 5.37 Å². The number of carbonyl (C=O) groups is 1. The molecular formula is C22H25N5O2S. The first-order chi connectivity index (χ1) is 14.6. The molecule has 2 aliphatic rings. The zero-order chi connectivity index (χ0) is 20.7. The van der Waals surface area contributed by atoms with Gasteiger partial charge in [-0.25, -0.2) is 4.98 Å². The van der Waals surface area contributed by atoms with Gasteiger partial charge in [-0.3, -0.25) is 14.4 Å². The molecule has 2 aromatic heterocycles. The van der Waals surface area contributed by atoms with E-state index in [1.54, 1.807) is 16.9 Å². The Kier molecular flexibility index (Phi) is 5.22. The molecule has 1 unspecified atom stereocenters. The van der Waals surface area contributed by atoms with Crippen molar-refractivity contribution < 1.29 is 9.53 Å². The van der Waals surface area contributed by atoms with Crippen LogP contribution in [0.15, 0.2) is 36.7 Å². The highest BCUT2D eigenvalue weighted by molar-refractivity contribution is 8.00. The van der Waals surface area contributed by atoms with Crippen molar-refractivity contribution in [3.8, 4) is 11.1 Å². The second-order valence-electron chi connectivity index (χ2n) is 8.01. The zero-order valence-electron chi connectivity index (χ0n) is 17.0. The lowest BCUT2D eigenvalue weighted by molar-refractivity contribution is 0.0210. The summed E-state index contributed by atoms with van der Waals surface area (Å²) in [7, 11) is 1.87. The minimum Gasteiger partial charge on any atom is -0.378 e. The van der Waals surface area contributed by atoms with Gasteiger partial charge < -0.3 is 10.5 Å². The number of benzene rings is 1. The second kappa shape index (κ2) is 8.02. The molecule has 1 saturated carbocycles. The van der Waals surface area contributed by atoms with E-state index < -0.39 is 5.91 Å². The van der Waals surface area contributed by atoms with Crippen molar-refractivity contribution >= 4 is 28.6 Å².